The van der Waals surface area contributed by atoms with E-state index in [1.54, 1.807) is 30.3 Å². The monoisotopic (exact) mass is 344 g/mol. The Balaban J connectivity index is 2.24. The number of hydrogen-bond donors (Lipinski definition) is 0. The van der Waals surface area contributed by atoms with Gasteiger partial charge in [-0.1, -0.05) is 51.0 Å². The Bertz CT molecular complexity index is 840. The van der Waals surface area contributed by atoms with Gasteiger partial charge in [-0.2, -0.15) is 0 Å². The fraction of sp³-hybridized carbons (Fsp3) is 0.364. The number of hydrogen-bond acceptors (Lipinski definition) is 0. The molecule has 0 atom stereocenters. The van der Waals surface area contributed by atoms with Crippen LogP contribution in [0.3, 0.4) is 0 Å². The van der Waals surface area contributed by atoms with Crippen LogP contribution in [0.5, 0.6) is 0 Å². The summed E-state index contributed by atoms with van der Waals surface area (Å²) in [5, 5.41) is 0.771. The van der Waals surface area contributed by atoms with Gasteiger partial charge in [-0.05, 0) is 53.6 Å². The molecular formula is C22H23F3. The molecule has 25 heavy (non-hydrogen) atoms. The van der Waals surface area contributed by atoms with Crippen molar-refractivity contribution in [2.45, 2.75) is 52.4 Å². The fourth-order valence-corrected chi connectivity index (χ4v) is 3.37. The normalized spacial score (nSPS) is 11.6. The summed E-state index contributed by atoms with van der Waals surface area (Å²) in [5.74, 6) is -1.88. The molecule has 0 aliphatic carbocycles. The van der Waals surface area contributed by atoms with Crippen LogP contribution in [0, 0.1) is 17.5 Å². The van der Waals surface area contributed by atoms with Crippen LogP contribution in [-0.4, -0.2) is 0 Å². The van der Waals surface area contributed by atoms with Crippen LogP contribution in [0.4, 0.5) is 13.2 Å². The van der Waals surface area contributed by atoms with Gasteiger partial charge in [0.15, 0.2) is 0 Å². The number of halogens is 3. The van der Waals surface area contributed by atoms with Gasteiger partial charge in [0.2, 0.25) is 0 Å². The Labute approximate surface area is 146 Å². The number of unbranched alkanes of at least 4 members (excludes halogenated alkanes) is 2. The zero-order chi connectivity index (χ0) is 18.0. The SMILES string of the molecule is CCCCc1ccc2cc3ccc(CCCC)c(F)c3c(F)c2c1F. The van der Waals surface area contributed by atoms with Gasteiger partial charge in [-0.3, -0.25) is 0 Å². The van der Waals surface area contributed by atoms with E-state index in [1.807, 2.05) is 13.8 Å². The molecule has 3 aromatic carbocycles. The third-order valence-electron chi connectivity index (χ3n) is 4.86. The van der Waals surface area contributed by atoms with Gasteiger partial charge in [0, 0.05) is 0 Å². The van der Waals surface area contributed by atoms with Gasteiger partial charge >= 0.3 is 0 Å². The first kappa shape index (κ1) is 17.8. The second-order valence-corrected chi connectivity index (χ2v) is 6.67. The summed E-state index contributed by atoms with van der Waals surface area (Å²) >= 11 is 0. The molecule has 0 bridgehead atoms. The molecule has 3 aromatic rings. The van der Waals surface area contributed by atoms with E-state index in [4.69, 9.17) is 0 Å². The first-order valence-corrected chi connectivity index (χ1v) is 9.09. The maximum atomic E-state index is 15.1. The summed E-state index contributed by atoms with van der Waals surface area (Å²) in [6.07, 6.45) is 4.68. The molecule has 0 unspecified atom stereocenters. The lowest BCUT2D eigenvalue weighted by molar-refractivity contribution is 0.585. The number of rotatable bonds is 6. The lowest BCUT2D eigenvalue weighted by Gasteiger charge is -2.12. The van der Waals surface area contributed by atoms with Crippen molar-refractivity contribution >= 4 is 21.5 Å². The van der Waals surface area contributed by atoms with E-state index in [2.05, 4.69) is 0 Å². The minimum atomic E-state index is -0.779. The van der Waals surface area contributed by atoms with E-state index < -0.39 is 17.5 Å². The Morgan fingerprint density at radius 3 is 1.48 bits per heavy atom. The predicted molar refractivity (Wildman–Crippen MR) is 98.6 cm³/mol. The van der Waals surface area contributed by atoms with Crippen LogP contribution in [0.2, 0.25) is 0 Å². The molecule has 3 rings (SSSR count). The second-order valence-electron chi connectivity index (χ2n) is 6.67. The van der Waals surface area contributed by atoms with Crippen molar-refractivity contribution in [3.63, 3.8) is 0 Å². The maximum absolute atomic E-state index is 15.1. The molecule has 3 heteroatoms. The number of aryl methyl sites for hydroxylation is 2. The highest BCUT2D eigenvalue weighted by Crippen LogP contribution is 2.33. The molecule has 132 valence electrons. The van der Waals surface area contributed by atoms with E-state index in [9.17, 15) is 8.78 Å². The molecule has 0 saturated heterocycles. The molecular weight excluding hydrogens is 321 g/mol. The van der Waals surface area contributed by atoms with E-state index in [0.29, 0.717) is 34.7 Å². The van der Waals surface area contributed by atoms with Gasteiger partial charge in [0.25, 0.3) is 0 Å². The van der Waals surface area contributed by atoms with Crippen LogP contribution < -0.4 is 0 Å². The molecule has 0 amide bonds. The third-order valence-corrected chi connectivity index (χ3v) is 4.86. The molecule has 0 radical (unpaired) electrons. The number of fused-ring (bicyclic) bond motifs is 2. The van der Waals surface area contributed by atoms with Crippen LogP contribution in [0.25, 0.3) is 21.5 Å². The van der Waals surface area contributed by atoms with E-state index in [1.165, 1.54) is 0 Å². The standard InChI is InChI=1S/C22H23F3/c1-3-5-7-14-9-11-16-13-17-12-10-15(8-6-4-2)21(24)19(17)22(25)18(16)20(14)23/h9-13H,3-8H2,1-2H3. The van der Waals surface area contributed by atoms with Crippen molar-refractivity contribution in [2.75, 3.05) is 0 Å². The molecule has 0 spiro atoms. The molecule has 0 fully saturated rings. The average Bonchev–Trinajstić information content (AvgIpc) is 2.60. The van der Waals surface area contributed by atoms with E-state index >= 15 is 4.39 Å². The van der Waals surface area contributed by atoms with Crippen LogP contribution >= 0.6 is 0 Å². The number of benzene rings is 3. The summed E-state index contributed by atoms with van der Waals surface area (Å²) < 4.78 is 44.8. The molecule has 0 heterocycles. The van der Waals surface area contributed by atoms with Crippen LogP contribution in [0.1, 0.15) is 50.7 Å². The Hall–Kier alpha value is -2.03. The minimum Gasteiger partial charge on any atom is -0.206 e. The predicted octanol–water partition coefficient (Wildman–Crippen LogP) is 7.10. The molecule has 0 N–H and O–H groups in total. The first-order chi connectivity index (χ1) is 12.1. The van der Waals surface area contributed by atoms with Gasteiger partial charge < -0.3 is 0 Å². The van der Waals surface area contributed by atoms with Gasteiger partial charge in [-0.15, -0.1) is 0 Å². The highest BCUT2D eigenvalue weighted by molar-refractivity contribution is 6.00. The van der Waals surface area contributed by atoms with E-state index in [-0.39, 0.29) is 10.8 Å². The lowest BCUT2D eigenvalue weighted by Crippen LogP contribution is -1.98. The molecule has 0 aliphatic rings. The highest BCUT2D eigenvalue weighted by atomic mass is 19.1. The van der Waals surface area contributed by atoms with Crippen molar-refractivity contribution in [3.05, 3.63) is 58.9 Å². The summed E-state index contributed by atoms with van der Waals surface area (Å²) in [6.45, 7) is 4.06. The minimum absolute atomic E-state index is 0.0901. The van der Waals surface area contributed by atoms with Crippen molar-refractivity contribution in [2.24, 2.45) is 0 Å². The van der Waals surface area contributed by atoms with E-state index in [0.717, 1.165) is 25.7 Å². The molecule has 0 nitrogen and oxygen atoms in total. The average molecular weight is 344 g/mol. The van der Waals surface area contributed by atoms with Crippen LogP contribution in [0.15, 0.2) is 30.3 Å². The summed E-state index contributed by atoms with van der Waals surface area (Å²) in [4.78, 5) is 0. The maximum Gasteiger partial charge on any atom is 0.144 e. The van der Waals surface area contributed by atoms with Crippen molar-refractivity contribution in [1.29, 1.82) is 0 Å². The Morgan fingerprint density at radius 2 is 1.08 bits per heavy atom. The van der Waals surface area contributed by atoms with Gasteiger partial charge in [0.05, 0.1) is 10.8 Å². The summed E-state index contributed by atoms with van der Waals surface area (Å²) in [6, 6.07) is 8.56. The van der Waals surface area contributed by atoms with Crippen molar-refractivity contribution < 1.29 is 13.2 Å². The second kappa shape index (κ2) is 7.47. The highest BCUT2D eigenvalue weighted by Gasteiger charge is 2.18. The molecule has 0 aromatic heterocycles. The molecule has 0 aliphatic heterocycles. The fourth-order valence-electron chi connectivity index (χ4n) is 3.37. The van der Waals surface area contributed by atoms with Crippen molar-refractivity contribution in [1.82, 2.24) is 0 Å². The van der Waals surface area contributed by atoms with Gasteiger partial charge in [-0.25, -0.2) is 13.2 Å². The first-order valence-electron chi connectivity index (χ1n) is 9.09. The third kappa shape index (κ3) is 3.24. The zero-order valence-electron chi connectivity index (χ0n) is 14.8. The quantitative estimate of drug-likeness (QED) is 0.419. The summed E-state index contributed by atoms with van der Waals surface area (Å²) in [5.41, 5.74) is 0.991. The van der Waals surface area contributed by atoms with Gasteiger partial charge in [0.1, 0.15) is 17.5 Å². The van der Waals surface area contributed by atoms with Crippen molar-refractivity contribution in [3.8, 4) is 0 Å². The smallest absolute Gasteiger partial charge is 0.144 e. The summed E-state index contributed by atoms with van der Waals surface area (Å²) in [7, 11) is 0. The lowest BCUT2D eigenvalue weighted by atomic mass is 9.96. The Kier molecular flexibility index (Phi) is 5.31. The molecule has 0 saturated carbocycles. The Morgan fingerprint density at radius 1 is 0.640 bits per heavy atom. The zero-order valence-corrected chi connectivity index (χ0v) is 14.8. The van der Waals surface area contributed by atoms with Crippen LogP contribution in [-0.2, 0) is 12.8 Å². The largest absolute Gasteiger partial charge is 0.206 e. The topological polar surface area (TPSA) is 0 Å².